The van der Waals surface area contributed by atoms with Crippen LogP contribution >= 0.6 is 0 Å². The fraction of sp³-hybridized carbons (Fsp3) is 0.133. The maximum atomic E-state index is 11.5. The number of rotatable bonds is 3. The van der Waals surface area contributed by atoms with Crippen molar-refractivity contribution in [2.75, 3.05) is 0 Å². The number of hydrogen-bond donors (Lipinski definition) is 1. The van der Waals surface area contributed by atoms with Crippen LogP contribution in [0.4, 0.5) is 0 Å². The van der Waals surface area contributed by atoms with Gasteiger partial charge < -0.3 is 0 Å². The van der Waals surface area contributed by atoms with E-state index < -0.39 is 10.1 Å². The Labute approximate surface area is 117 Å². The number of hydrogen-bond acceptors (Lipinski definition) is 3. The van der Waals surface area contributed by atoms with Crippen molar-refractivity contribution in [1.29, 1.82) is 0 Å². The predicted octanol–water partition coefficient (Wildman–Crippen LogP) is 3.03. The van der Waals surface area contributed by atoms with Gasteiger partial charge in [0, 0.05) is 11.1 Å². The van der Waals surface area contributed by atoms with Gasteiger partial charge in [-0.05, 0) is 31.0 Å². The van der Waals surface area contributed by atoms with Crippen LogP contribution in [-0.2, 0) is 10.1 Å². The zero-order valence-electron chi connectivity index (χ0n) is 11.1. The summed E-state index contributed by atoms with van der Waals surface area (Å²) in [5.41, 5.74) is 2.87. The van der Waals surface area contributed by atoms with Gasteiger partial charge in [-0.15, -0.1) is 0 Å². The Morgan fingerprint density at radius 1 is 1.10 bits per heavy atom. The van der Waals surface area contributed by atoms with Crippen LogP contribution in [-0.4, -0.2) is 19.3 Å². The second-order valence-electron chi connectivity index (χ2n) is 4.63. The van der Waals surface area contributed by atoms with Crippen LogP contribution in [0.25, 0.3) is 11.1 Å². The zero-order chi connectivity index (χ0) is 14.9. The van der Waals surface area contributed by atoms with Gasteiger partial charge in [-0.1, -0.05) is 35.9 Å². The molecule has 4 nitrogen and oxygen atoms in total. The first-order valence-electron chi connectivity index (χ1n) is 5.98. The fourth-order valence-electron chi connectivity index (χ4n) is 2.22. The summed E-state index contributed by atoms with van der Waals surface area (Å²) >= 11 is 0. The minimum Gasteiger partial charge on any atom is -0.298 e. The smallest absolute Gasteiger partial charge is 0.295 e. The summed E-state index contributed by atoms with van der Waals surface area (Å²) in [7, 11) is -4.36. The van der Waals surface area contributed by atoms with Crippen LogP contribution in [0.1, 0.15) is 21.5 Å². The maximum Gasteiger partial charge on any atom is 0.295 e. The lowest BCUT2D eigenvalue weighted by Crippen LogP contribution is -2.03. The van der Waals surface area contributed by atoms with Crippen molar-refractivity contribution in [2.24, 2.45) is 0 Å². The van der Waals surface area contributed by atoms with Gasteiger partial charge in [-0.25, -0.2) is 0 Å². The maximum absolute atomic E-state index is 11.5. The van der Waals surface area contributed by atoms with E-state index >= 15 is 0 Å². The topological polar surface area (TPSA) is 71.4 Å². The third-order valence-corrected chi connectivity index (χ3v) is 4.03. The molecule has 0 saturated carbocycles. The van der Waals surface area contributed by atoms with E-state index in [2.05, 4.69) is 0 Å². The zero-order valence-corrected chi connectivity index (χ0v) is 11.9. The predicted molar refractivity (Wildman–Crippen MR) is 76.6 cm³/mol. The summed E-state index contributed by atoms with van der Waals surface area (Å²) in [5, 5.41) is 0. The lowest BCUT2D eigenvalue weighted by Gasteiger charge is -2.13. The van der Waals surface area contributed by atoms with Gasteiger partial charge in [0.15, 0.2) is 6.29 Å². The first-order chi connectivity index (χ1) is 9.34. The third kappa shape index (κ3) is 2.64. The lowest BCUT2D eigenvalue weighted by molar-refractivity contribution is 0.112. The highest BCUT2D eigenvalue weighted by Gasteiger charge is 2.19. The molecule has 0 aliphatic rings. The van der Waals surface area contributed by atoms with Crippen molar-refractivity contribution in [1.82, 2.24) is 0 Å². The second-order valence-corrected chi connectivity index (χ2v) is 6.02. The van der Waals surface area contributed by atoms with Crippen molar-refractivity contribution >= 4 is 16.4 Å². The Balaban J connectivity index is 2.89. The minimum absolute atomic E-state index is 0.194. The van der Waals surface area contributed by atoms with Crippen LogP contribution in [0.5, 0.6) is 0 Å². The monoisotopic (exact) mass is 290 g/mol. The van der Waals surface area contributed by atoms with E-state index in [4.69, 9.17) is 0 Å². The standard InChI is InChI=1S/C15H14O4S/c1-10-6-7-14(20(17,18)19)13(8-10)15-11(2)4-3-5-12(15)9-16/h3-9H,1-2H3,(H,17,18,19). The molecular formula is C15H14O4S. The molecule has 0 atom stereocenters. The van der Waals surface area contributed by atoms with Crippen LogP contribution < -0.4 is 0 Å². The summed E-state index contributed by atoms with van der Waals surface area (Å²) in [6, 6.07) is 9.74. The normalized spacial score (nSPS) is 11.3. The Morgan fingerprint density at radius 2 is 1.80 bits per heavy atom. The molecule has 20 heavy (non-hydrogen) atoms. The Morgan fingerprint density at radius 3 is 2.40 bits per heavy atom. The number of benzene rings is 2. The molecule has 0 unspecified atom stereocenters. The van der Waals surface area contributed by atoms with Gasteiger partial charge in [0.1, 0.15) is 4.90 Å². The highest BCUT2D eigenvalue weighted by atomic mass is 32.2. The molecule has 0 heterocycles. The molecule has 0 radical (unpaired) electrons. The molecule has 0 fully saturated rings. The van der Waals surface area contributed by atoms with Crippen LogP contribution in [0.2, 0.25) is 0 Å². The molecule has 5 heteroatoms. The van der Waals surface area contributed by atoms with E-state index in [1.54, 1.807) is 37.3 Å². The van der Waals surface area contributed by atoms with Crippen molar-refractivity contribution in [3.05, 3.63) is 53.1 Å². The van der Waals surface area contributed by atoms with E-state index in [1.165, 1.54) is 6.07 Å². The molecule has 0 aliphatic heterocycles. The highest BCUT2D eigenvalue weighted by Crippen LogP contribution is 2.32. The summed E-state index contributed by atoms with van der Waals surface area (Å²) in [5.74, 6) is 0. The van der Waals surface area contributed by atoms with Crippen LogP contribution in [0.15, 0.2) is 41.3 Å². The molecule has 0 aliphatic carbocycles. The van der Waals surface area contributed by atoms with Gasteiger partial charge in [-0.2, -0.15) is 8.42 Å². The Kier molecular flexibility index (Phi) is 3.74. The van der Waals surface area contributed by atoms with Crippen molar-refractivity contribution in [2.45, 2.75) is 18.7 Å². The summed E-state index contributed by atoms with van der Waals surface area (Å²) < 4.78 is 32.4. The third-order valence-electron chi connectivity index (χ3n) is 3.11. The van der Waals surface area contributed by atoms with Crippen molar-refractivity contribution < 1.29 is 17.8 Å². The summed E-state index contributed by atoms with van der Waals surface area (Å²) in [4.78, 5) is 11.0. The fourth-order valence-corrected chi connectivity index (χ4v) is 2.90. The average Bonchev–Trinajstić information content (AvgIpc) is 2.36. The molecule has 1 N–H and O–H groups in total. The van der Waals surface area contributed by atoms with Crippen molar-refractivity contribution in [3.63, 3.8) is 0 Å². The van der Waals surface area contributed by atoms with E-state index in [0.717, 1.165) is 11.1 Å². The molecule has 2 rings (SSSR count). The Hall–Kier alpha value is -1.98. The molecule has 2 aromatic carbocycles. The highest BCUT2D eigenvalue weighted by molar-refractivity contribution is 7.86. The molecule has 0 saturated heterocycles. The molecule has 104 valence electrons. The first kappa shape index (κ1) is 14.4. The lowest BCUT2D eigenvalue weighted by atomic mass is 9.94. The van der Waals surface area contributed by atoms with Gasteiger partial charge in [0.2, 0.25) is 0 Å². The quantitative estimate of drug-likeness (QED) is 0.696. The molecule has 0 spiro atoms. The van der Waals surface area contributed by atoms with Gasteiger partial charge in [-0.3, -0.25) is 9.35 Å². The van der Waals surface area contributed by atoms with E-state index in [9.17, 15) is 17.8 Å². The average molecular weight is 290 g/mol. The van der Waals surface area contributed by atoms with Gasteiger partial charge in [0.05, 0.1) is 0 Å². The van der Waals surface area contributed by atoms with Gasteiger partial charge >= 0.3 is 0 Å². The van der Waals surface area contributed by atoms with Crippen molar-refractivity contribution in [3.8, 4) is 11.1 Å². The van der Waals surface area contributed by atoms with E-state index in [-0.39, 0.29) is 4.90 Å². The van der Waals surface area contributed by atoms with Crippen LogP contribution in [0, 0.1) is 13.8 Å². The number of aldehydes is 1. The van der Waals surface area contributed by atoms with E-state index in [0.29, 0.717) is 23.0 Å². The first-order valence-corrected chi connectivity index (χ1v) is 7.42. The molecule has 0 aromatic heterocycles. The van der Waals surface area contributed by atoms with Gasteiger partial charge in [0.25, 0.3) is 10.1 Å². The van der Waals surface area contributed by atoms with Crippen LogP contribution in [0.3, 0.4) is 0 Å². The summed E-state index contributed by atoms with van der Waals surface area (Å²) in [6.45, 7) is 3.61. The summed E-state index contributed by atoms with van der Waals surface area (Å²) in [6.07, 6.45) is 0.679. The molecule has 2 aromatic rings. The Bertz CT molecular complexity index is 776. The minimum atomic E-state index is -4.36. The number of carbonyl (C=O) groups excluding carboxylic acids is 1. The SMILES string of the molecule is Cc1ccc(S(=O)(=O)O)c(-c2c(C)cccc2C=O)c1. The largest absolute Gasteiger partial charge is 0.298 e. The van der Waals surface area contributed by atoms with E-state index in [1.807, 2.05) is 6.92 Å². The number of carbonyl (C=O) groups is 1. The molecule has 0 amide bonds. The molecule has 0 bridgehead atoms. The molecular weight excluding hydrogens is 276 g/mol. The second kappa shape index (κ2) is 5.19. The number of aryl methyl sites for hydroxylation is 2.